The zero-order valence-electron chi connectivity index (χ0n) is 19.0. The van der Waals surface area contributed by atoms with Gasteiger partial charge in [-0.15, -0.1) is 0 Å². The highest BCUT2D eigenvalue weighted by Crippen LogP contribution is 2.25. The van der Waals surface area contributed by atoms with Gasteiger partial charge in [0.1, 0.15) is 5.75 Å². The first-order valence-electron chi connectivity index (χ1n) is 10.8. The lowest BCUT2D eigenvalue weighted by Crippen LogP contribution is -2.39. The highest BCUT2D eigenvalue weighted by Gasteiger charge is 2.27. The zero-order valence-corrected chi connectivity index (χ0v) is 19.0. The molecule has 0 saturated heterocycles. The first-order chi connectivity index (χ1) is 14.2. The van der Waals surface area contributed by atoms with Crippen molar-refractivity contribution in [2.75, 3.05) is 38.2 Å². The Bertz CT molecular complexity index is 674. The van der Waals surface area contributed by atoms with E-state index in [1.54, 1.807) is 12.1 Å². The molecule has 0 saturated carbocycles. The van der Waals surface area contributed by atoms with E-state index in [9.17, 15) is 14.7 Å². The number of carboxylic acids is 1. The molecule has 170 valence electrons. The summed E-state index contributed by atoms with van der Waals surface area (Å²) in [7, 11) is 0. The van der Waals surface area contributed by atoms with Crippen LogP contribution in [0.15, 0.2) is 18.2 Å². The van der Waals surface area contributed by atoms with Gasteiger partial charge in [-0.25, -0.2) is 4.79 Å². The predicted molar refractivity (Wildman–Crippen MR) is 119 cm³/mol. The first-order valence-corrected chi connectivity index (χ1v) is 10.8. The number of unbranched alkanes of at least 4 members (excludes halogenated alkanes) is 1. The number of hydrogen-bond acceptors (Lipinski definition) is 5. The second kappa shape index (κ2) is 13.1. The smallest absolute Gasteiger partial charge is 0.335 e. The van der Waals surface area contributed by atoms with E-state index in [-0.39, 0.29) is 16.9 Å². The molecule has 0 fully saturated rings. The van der Waals surface area contributed by atoms with Crippen LogP contribution in [0.4, 0.5) is 5.69 Å². The third-order valence-electron chi connectivity index (χ3n) is 4.56. The quantitative estimate of drug-likeness (QED) is 0.367. The third-order valence-corrected chi connectivity index (χ3v) is 4.56. The summed E-state index contributed by atoms with van der Waals surface area (Å²) in [6, 6.07) is 4.90. The van der Waals surface area contributed by atoms with E-state index in [0.717, 1.165) is 19.3 Å². The highest BCUT2D eigenvalue weighted by molar-refractivity contribution is 5.89. The number of anilines is 1. The fourth-order valence-electron chi connectivity index (χ4n) is 3.20. The summed E-state index contributed by atoms with van der Waals surface area (Å²) >= 11 is 0. The molecule has 0 radical (unpaired) electrons. The predicted octanol–water partition coefficient (Wildman–Crippen LogP) is 4.18. The monoisotopic (exact) mass is 422 g/mol. The van der Waals surface area contributed by atoms with Crippen molar-refractivity contribution in [1.82, 2.24) is 5.32 Å². The van der Waals surface area contributed by atoms with E-state index < -0.39 is 5.97 Å². The first kappa shape index (κ1) is 25.8. The van der Waals surface area contributed by atoms with E-state index in [4.69, 9.17) is 9.47 Å². The number of hydrogen-bond donors (Lipinski definition) is 3. The second-order valence-corrected chi connectivity index (χ2v) is 8.53. The van der Waals surface area contributed by atoms with Crippen molar-refractivity contribution in [3.8, 4) is 5.75 Å². The van der Waals surface area contributed by atoms with Crippen molar-refractivity contribution in [1.29, 1.82) is 0 Å². The molecule has 7 nitrogen and oxygen atoms in total. The maximum atomic E-state index is 12.2. The minimum Gasteiger partial charge on any atom is -0.493 e. The van der Waals surface area contributed by atoms with E-state index in [0.29, 0.717) is 50.3 Å². The minimum atomic E-state index is -0.994. The van der Waals surface area contributed by atoms with Gasteiger partial charge in [-0.05, 0) is 30.9 Å². The van der Waals surface area contributed by atoms with Gasteiger partial charge in [0.05, 0.1) is 25.4 Å². The summed E-state index contributed by atoms with van der Waals surface area (Å²) in [4.78, 5) is 23.6. The number of amides is 1. The Morgan fingerprint density at radius 3 is 2.43 bits per heavy atom. The Kier molecular flexibility index (Phi) is 11.3. The number of carbonyl (C=O) groups excluding carboxylic acids is 1. The molecule has 0 spiro atoms. The molecular formula is C23H38N2O5. The van der Waals surface area contributed by atoms with Gasteiger partial charge < -0.3 is 25.2 Å². The Balaban J connectivity index is 2.36. The van der Waals surface area contributed by atoms with Crippen molar-refractivity contribution in [3.05, 3.63) is 23.8 Å². The van der Waals surface area contributed by atoms with Crippen LogP contribution < -0.4 is 15.4 Å². The fraction of sp³-hybridized carbons (Fsp3) is 0.652. The normalized spacial score (nSPS) is 11.4. The van der Waals surface area contributed by atoms with Crippen LogP contribution in [0.25, 0.3) is 0 Å². The average molecular weight is 423 g/mol. The number of nitrogens with one attached hydrogen (secondary N) is 2. The molecule has 0 aliphatic rings. The summed E-state index contributed by atoms with van der Waals surface area (Å²) in [5.41, 5.74) is 0.467. The molecule has 0 aliphatic heterocycles. The number of carboxylic acid groups (broad SMARTS) is 1. The molecule has 0 atom stereocenters. The van der Waals surface area contributed by atoms with Crippen molar-refractivity contribution in [2.45, 2.75) is 53.9 Å². The Labute approximate surface area is 180 Å². The SMILES string of the molecule is CCCCOc1cc(NCCOCCNC(=O)C(C)(C)CC(C)C)cc(C(=O)O)c1. The van der Waals surface area contributed by atoms with Crippen LogP contribution in [0.2, 0.25) is 0 Å². The average Bonchev–Trinajstić information content (AvgIpc) is 2.66. The van der Waals surface area contributed by atoms with Gasteiger partial charge in [-0.2, -0.15) is 0 Å². The molecule has 0 heterocycles. The summed E-state index contributed by atoms with van der Waals surface area (Å²) in [5, 5.41) is 15.4. The molecule has 30 heavy (non-hydrogen) atoms. The van der Waals surface area contributed by atoms with Gasteiger partial charge in [0, 0.05) is 30.3 Å². The van der Waals surface area contributed by atoms with Crippen LogP contribution >= 0.6 is 0 Å². The third kappa shape index (κ3) is 9.96. The molecule has 1 rings (SSSR count). The maximum Gasteiger partial charge on any atom is 0.335 e. The molecule has 0 bridgehead atoms. The van der Waals surface area contributed by atoms with Crippen LogP contribution in [0.1, 0.15) is 64.2 Å². The fourth-order valence-corrected chi connectivity index (χ4v) is 3.20. The highest BCUT2D eigenvalue weighted by atomic mass is 16.5. The van der Waals surface area contributed by atoms with Gasteiger partial charge in [-0.1, -0.05) is 41.0 Å². The number of benzene rings is 1. The Morgan fingerprint density at radius 1 is 1.10 bits per heavy atom. The van der Waals surface area contributed by atoms with Crippen molar-refractivity contribution in [2.24, 2.45) is 11.3 Å². The lowest BCUT2D eigenvalue weighted by Gasteiger charge is -2.25. The van der Waals surface area contributed by atoms with E-state index in [1.807, 2.05) is 13.8 Å². The van der Waals surface area contributed by atoms with Crippen LogP contribution in [0.3, 0.4) is 0 Å². The molecule has 0 unspecified atom stereocenters. The maximum absolute atomic E-state index is 12.2. The van der Waals surface area contributed by atoms with E-state index in [2.05, 4.69) is 31.4 Å². The van der Waals surface area contributed by atoms with Crippen molar-refractivity contribution >= 4 is 17.6 Å². The lowest BCUT2D eigenvalue weighted by atomic mass is 9.83. The molecule has 3 N–H and O–H groups in total. The zero-order chi connectivity index (χ0) is 22.6. The summed E-state index contributed by atoms with van der Waals surface area (Å²) in [6.07, 6.45) is 2.76. The molecule has 1 aromatic carbocycles. The number of ether oxygens (including phenoxy) is 2. The van der Waals surface area contributed by atoms with Gasteiger partial charge in [-0.3, -0.25) is 4.79 Å². The van der Waals surface area contributed by atoms with Gasteiger partial charge >= 0.3 is 5.97 Å². The van der Waals surface area contributed by atoms with Crippen LogP contribution in [0.5, 0.6) is 5.75 Å². The molecule has 0 aliphatic carbocycles. The van der Waals surface area contributed by atoms with Crippen LogP contribution in [-0.4, -0.2) is 49.9 Å². The number of rotatable bonds is 15. The van der Waals surface area contributed by atoms with E-state index >= 15 is 0 Å². The number of carbonyl (C=O) groups is 2. The Morgan fingerprint density at radius 2 is 1.80 bits per heavy atom. The van der Waals surface area contributed by atoms with Gasteiger partial charge in [0.2, 0.25) is 5.91 Å². The second-order valence-electron chi connectivity index (χ2n) is 8.53. The largest absolute Gasteiger partial charge is 0.493 e. The molecule has 7 heteroatoms. The summed E-state index contributed by atoms with van der Waals surface area (Å²) in [6.45, 7) is 12.6. The lowest BCUT2D eigenvalue weighted by molar-refractivity contribution is -0.130. The van der Waals surface area contributed by atoms with Crippen LogP contribution in [0, 0.1) is 11.3 Å². The number of aromatic carboxylic acids is 1. The van der Waals surface area contributed by atoms with Crippen LogP contribution in [-0.2, 0) is 9.53 Å². The Hall–Kier alpha value is -2.28. The molecule has 0 aromatic heterocycles. The molecule has 1 amide bonds. The molecular weight excluding hydrogens is 384 g/mol. The summed E-state index contributed by atoms with van der Waals surface area (Å²) < 4.78 is 11.2. The van der Waals surface area contributed by atoms with Gasteiger partial charge in [0.15, 0.2) is 0 Å². The van der Waals surface area contributed by atoms with Crippen molar-refractivity contribution in [3.63, 3.8) is 0 Å². The van der Waals surface area contributed by atoms with E-state index in [1.165, 1.54) is 6.07 Å². The standard InChI is InChI=1S/C23H38N2O5/c1-6-7-10-30-20-14-18(21(26)27)13-19(15-20)24-8-11-29-12-9-25-22(28)23(4,5)16-17(2)3/h13-15,17,24H,6-12,16H2,1-5H3,(H,25,28)(H,26,27). The minimum absolute atomic E-state index is 0.0408. The summed E-state index contributed by atoms with van der Waals surface area (Å²) in [5.74, 6) is 0.0501. The van der Waals surface area contributed by atoms with Crippen molar-refractivity contribution < 1.29 is 24.2 Å². The topological polar surface area (TPSA) is 96.9 Å². The van der Waals surface area contributed by atoms with Gasteiger partial charge in [0.25, 0.3) is 0 Å². The molecule has 1 aromatic rings.